The summed E-state index contributed by atoms with van der Waals surface area (Å²) in [6.07, 6.45) is 12.9. The van der Waals surface area contributed by atoms with Crippen molar-refractivity contribution in [2.24, 2.45) is 0 Å². The highest BCUT2D eigenvalue weighted by atomic mass is 16.5. The fourth-order valence-electron chi connectivity index (χ4n) is 4.23. The van der Waals surface area contributed by atoms with Crippen LogP contribution < -0.4 is 14.4 Å². The molecule has 9 nitrogen and oxygen atoms in total. The van der Waals surface area contributed by atoms with Crippen molar-refractivity contribution in [3.8, 4) is 41.0 Å². The van der Waals surface area contributed by atoms with Crippen LogP contribution in [0.15, 0.2) is 55.1 Å². The number of pyridine rings is 3. The summed E-state index contributed by atoms with van der Waals surface area (Å²) >= 11 is 0. The van der Waals surface area contributed by atoms with Gasteiger partial charge in [-0.15, -0.1) is 6.42 Å². The molecule has 1 fully saturated rings. The quantitative estimate of drug-likeness (QED) is 0.389. The maximum absolute atomic E-state index is 10.1. The van der Waals surface area contributed by atoms with E-state index in [9.17, 15) is 10.4 Å². The number of nitriles is 1. The summed E-state index contributed by atoms with van der Waals surface area (Å²) in [6.45, 7) is 4.99. The standard InChI is InChI=1S/C28H26N6O3/c1-4-21-6-7-22(15-30-21)37-23-9-10-33(16-23)26-8-5-19(13-31-26)25-11-24(36-18-28(2,3)35)17-34-27(25)20(12-29)14-32-34/h1,5-8,11,13-15,17,23,35H,9-10,16,18H2,2-3H3/t23-/m1/s1. The van der Waals surface area contributed by atoms with E-state index < -0.39 is 5.60 Å². The van der Waals surface area contributed by atoms with Crippen LogP contribution in [0.4, 0.5) is 5.82 Å². The Morgan fingerprint density at radius 1 is 1.16 bits per heavy atom. The number of aromatic nitrogens is 4. The first-order chi connectivity index (χ1) is 17.8. The van der Waals surface area contributed by atoms with Gasteiger partial charge in [0.15, 0.2) is 0 Å². The van der Waals surface area contributed by atoms with Crippen LogP contribution in [-0.2, 0) is 0 Å². The fourth-order valence-corrected chi connectivity index (χ4v) is 4.23. The molecule has 186 valence electrons. The van der Waals surface area contributed by atoms with Gasteiger partial charge in [0.25, 0.3) is 0 Å². The van der Waals surface area contributed by atoms with Gasteiger partial charge >= 0.3 is 0 Å². The van der Waals surface area contributed by atoms with Gasteiger partial charge in [-0.1, -0.05) is 5.92 Å². The zero-order valence-electron chi connectivity index (χ0n) is 20.6. The van der Waals surface area contributed by atoms with E-state index in [1.54, 1.807) is 43.0 Å². The number of ether oxygens (including phenoxy) is 2. The Labute approximate surface area is 214 Å². The van der Waals surface area contributed by atoms with Gasteiger partial charge in [-0.05, 0) is 44.2 Å². The number of rotatable bonds is 7. The van der Waals surface area contributed by atoms with Crippen LogP contribution in [0.2, 0.25) is 0 Å². The molecular formula is C28H26N6O3. The van der Waals surface area contributed by atoms with Crippen molar-refractivity contribution in [2.75, 3.05) is 24.6 Å². The number of aliphatic hydroxyl groups is 1. The van der Waals surface area contributed by atoms with E-state index in [2.05, 4.69) is 27.0 Å². The molecule has 0 spiro atoms. The summed E-state index contributed by atoms with van der Waals surface area (Å²) in [5.74, 6) is 4.57. The molecule has 37 heavy (non-hydrogen) atoms. The van der Waals surface area contributed by atoms with Crippen LogP contribution in [-0.4, -0.2) is 56.1 Å². The molecule has 0 aromatic carbocycles. The molecule has 1 atom stereocenters. The van der Waals surface area contributed by atoms with Crippen LogP contribution in [0.3, 0.4) is 0 Å². The number of anilines is 1. The van der Waals surface area contributed by atoms with Crippen LogP contribution in [0, 0.1) is 23.7 Å². The molecule has 9 heteroatoms. The van der Waals surface area contributed by atoms with E-state index in [1.165, 1.54) is 6.20 Å². The Balaban J connectivity index is 1.35. The third kappa shape index (κ3) is 5.32. The van der Waals surface area contributed by atoms with Crippen LogP contribution in [0.1, 0.15) is 31.5 Å². The first-order valence-corrected chi connectivity index (χ1v) is 11.9. The van der Waals surface area contributed by atoms with Crippen molar-refractivity contribution in [3.05, 3.63) is 66.4 Å². The molecule has 5 rings (SSSR count). The predicted molar refractivity (Wildman–Crippen MR) is 138 cm³/mol. The smallest absolute Gasteiger partial charge is 0.138 e. The Kier molecular flexibility index (Phi) is 6.39. The van der Waals surface area contributed by atoms with Gasteiger partial charge in [0.1, 0.15) is 41.8 Å². The molecule has 0 unspecified atom stereocenters. The Hall–Kier alpha value is -4.60. The van der Waals surface area contributed by atoms with Crippen molar-refractivity contribution < 1.29 is 14.6 Å². The molecule has 1 saturated heterocycles. The second-order valence-corrected chi connectivity index (χ2v) is 9.56. The second kappa shape index (κ2) is 9.81. The second-order valence-electron chi connectivity index (χ2n) is 9.56. The summed E-state index contributed by atoms with van der Waals surface area (Å²) < 4.78 is 13.5. The minimum atomic E-state index is -0.987. The lowest BCUT2D eigenvalue weighted by Crippen LogP contribution is -2.27. The van der Waals surface area contributed by atoms with Gasteiger partial charge in [0.2, 0.25) is 0 Å². The topological polar surface area (TPSA) is 109 Å². The molecule has 0 radical (unpaired) electrons. The van der Waals surface area contributed by atoms with Gasteiger partial charge in [0.05, 0.1) is 41.8 Å². The lowest BCUT2D eigenvalue weighted by Gasteiger charge is -2.19. The summed E-state index contributed by atoms with van der Waals surface area (Å²) in [7, 11) is 0. The summed E-state index contributed by atoms with van der Waals surface area (Å²) in [5.41, 5.74) is 2.32. The molecule has 5 heterocycles. The maximum atomic E-state index is 10.1. The molecule has 1 aliphatic heterocycles. The Bertz CT molecular complexity index is 1490. The third-order valence-electron chi connectivity index (χ3n) is 6.01. The van der Waals surface area contributed by atoms with E-state index in [-0.39, 0.29) is 12.7 Å². The zero-order valence-corrected chi connectivity index (χ0v) is 20.6. The Morgan fingerprint density at radius 2 is 2.03 bits per heavy atom. The lowest BCUT2D eigenvalue weighted by molar-refractivity contribution is 0.0283. The van der Waals surface area contributed by atoms with Crippen molar-refractivity contribution in [2.45, 2.75) is 32.0 Å². The molecule has 0 bridgehead atoms. The molecule has 1 aliphatic rings. The monoisotopic (exact) mass is 494 g/mol. The highest BCUT2D eigenvalue weighted by molar-refractivity contribution is 5.85. The summed E-state index contributed by atoms with van der Waals surface area (Å²) in [6, 6.07) is 11.6. The largest absolute Gasteiger partial charge is 0.489 e. The highest BCUT2D eigenvalue weighted by Gasteiger charge is 2.25. The SMILES string of the molecule is C#Cc1ccc(O[C@@H]2CCN(c3ccc(-c4cc(OCC(C)(C)O)cn5ncc(C#N)c45)cn3)C2)cn1. The van der Waals surface area contributed by atoms with Crippen molar-refractivity contribution >= 4 is 11.3 Å². The normalized spacial score (nSPS) is 15.4. The predicted octanol–water partition coefficient (Wildman–Crippen LogP) is 3.45. The average molecular weight is 495 g/mol. The van der Waals surface area contributed by atoms with Crippen LogP contribution >= 0.6 is 0 Å². The van der Waals surface area contributed by atoms with E-state index in [1.807, 2.05) is 24.3 Å². The average Bonchev–Trinajstić information content (AvgIpc) is 3.54. The van der Waals surface area contributed by atoms with Crippen LogP contribution in [0.25, 0.3) is 16.6 Å². The van der Waals surface area contributed by atoms with Crippen LogP contribution in [0.5, 0.6) is 11.5 Å². The van der Waals surface area contributed by atoms with Crippen molar-refractivity contribution in [3.63, 3.8) is 0 Å². The number of hydrogen-bond donors (Lipinski definition) is 1. The first kappa shape index (κ1) is 24.1. The van der Waals surface area contributed by atoms with Crippen molar-refractivity contribution in [1.82, 2.24) is 19.6 Å². The van der Waals surface area contributed by atoms with E-state index in [0.29, 0.717) is 34.8 Å². The van der Waals surface area contributed by atoms with Gasteiger partial charge < -0.3 is 19.5 Å². The minimum absolute atomic E-state index is 0.0224. The van der Waals surface area contributed by atoms with E-state index >= 15 is 0 Å². The molecular weight excluding hydrogens is 468 g/mol. The third-order valence-corrected chi connectivity index (χ3v) is 6.01. The number of terminal acetylenes is 1. The molecule has 1 N–H and O–H groups in total. The summed E-state index contributed by atoms with van der Waals surface area (Å²) in [4.78, 5) is 11.1. The molecule has 4 aromatic heterocycles. The van der Waals surface area contributed by atoms with E-state index in [0.717, 1.165) is 29.9 Å². The van der Waals surface area contributed by atoms with Gasteiger partial charge in [-0.3, -0.25) is 0 Å². The number of nitrogens with zero attached hydrogens (tertiary/aromatic N) is 6. The van der Waals surface area contributed by atoms with Crippen molar-refractivity contribution in [1.29, 1.82) is 5.26 Å². The highest BCUT2D eigenvalue weighted by Crippen LogP contribution is 2.32. The molecule has 0 amide bonds. The zero-order chi connectivity index (χ0) is 26.0. The molecule has 4 aromatic rings. The maximum Gasteiger partial charge on any atom is 0.138 e. The fraction of sp³-hybridized carbons (Fsp3) is 0.286. The minimum Gasteiger partial charge on any atom is -0.489 e. The van der Waals surface area contributed by atoms with Gasteiger partial charge in [0, 0.05) is 30.3 Å². The molecule has 0 aliphatic carbocycles. The lowest BCUT2D eigenvalue weighted by atomic mass is 10.1. The van der Waals surface area contributed by atoms with Gasteiger partial charge in [-0.25, -0.2) is 14.5 Å². The molecule has 0 saturated carbocycles. The first-order valence-electron chi connectivity index (χ1n) is 11.9. The van der Waals surface area contributed by atoms with E-state index in [4.69, 9.17) is 20.9 Å². The Morgan fingerprint density at radius 3 is 2.70 bits per heavy atom. The van der Waals surface area contributed by atoms with Gasteiger partial charge in [-0.2, -0.15) is 10.4 Å². The number of hydrogen-bond acceptors (Lipinski definition) is 8. The summed E-state index contributed by atoms with van der Waals surface area (Å²) in [5, 5.41) is 24.0. The number of fused-ring (bicyclic) bond motifs is 1.